The molecule has 1 rings (SSSR count). The summed E-state index contributed by atoms with van der Waals surface area (Å²) in [5, 5.41) is 12.8. The van der Waals surface area contributed by atoms with Gasteiger partial charge >= 0.3 is 0 Å². The minimum absolute atomic E-state index is 0.163. The molecule has 0 aromatic rings. The van der Waals surface area contributed by atoms with Crippen molar-refractivity contribution in [3.63, 3.8) is 0 Å². The van der Waals surface area contributed by atoms with Crippen LogP contribution < -0.4 is 5.32 Å². The van der Waals surface area contributed by atoms with E-state index in [1.807, 2.05) is 0 Å². The SMILES string of the molecule is CCCCCCCCCC(=O)NCC1CCCCC1O. The largest absolute Gasteiger partial charge is 0.393 e. The lowest BCUT2D eigenvalue weighted by Crippen LogP contribution is -2.36. The normalized spacial score (nSPS) is 22.7. The first-order chi connectivity index (χ1) is 9.74. The first-order valence-electron chi connectivity index (χ1n) is 8.68. The second-order valence-electron chi connectivity index (χ2n) is 6.29. The summed E-state index contributed by atoms with van der Waals surface area (Å²) in [4.78, 5) is 11.7. The average Bonchev–Trinajstić information content (AvgIpc) is 2.45. The van der Waals surface area contributed by atoms with E-state index in [2.05, 4.69) is 12.2 Å². The average molecular weight is 283 g/mol. The Hall–Kier alpha value is -0.570. The van der Waals surface area contributed by atoms with Crippen molar-refractivity contribution < 1.29 is 9.90 Å². The highest BCUT2D eigenvalue weighted by Crippen LogP contribution is 2.23. The predicted molar refractivity (Wildman–Crippen MR) is 83.6 cm³/mol. The molecule has 1 aliphatic rings. The van der Waals surface area contributed by atoms with Crippen LogP contribution in [0.25, 0.3) is 0 Å². The number of carbonyl (C=O) groups is 1. The third-order valence-electron chi connectivity index (χ3n) is 4.44. The fourth-order valence-corrected chi connectivity index (χ4v) is 3.00. The molecule has 118 valence electrons. The van der Waals surface area contributed by atoms with Crippen LogP contribution in [-0.4, -0.2) is 23.7 Å². The van der Waals surface area contributed by atoms with Crippen LogP contribution in [0.3, 0.4) is 0 Å². The van der Waals surface area contributed by atoms with Gasteiger partial charge in [0.2, 0.25) is 5.91 Å². The molecule has 0 aliphatic heterocycles. The van der Waals surface area contributed by atoms with Gasteiger partial charge in [-0.15, -0.1) is 0 Å². The number of hydrogen-bond acceptors (Lipinski definition) is 2. The molecule has 2 atom stereocenters. The van der Waals surface area contributed by atoms with Gasteiger partial charge in [0.15, 0.2) is 0 Å². The predicted octanol–water partition coefficient (Wildman–Crippen LogP) is 3.79. The van der Waals surface area contributed by atoms with Crippen molar-refractivity contribution in [2.24, 2.45) is 5.92 Å². The lowest BCUT2D eigenvalue weighted by Gasteiger charge is -2.27. The van der Waals surface area contributed by atoms with Crippen LogP contribution in [0.4, 0.5) is 0 Å². The van der Waals surface area contributed by atoms with E-state index in [-0.39, 0.29) is 17.9 Å². The van der Waals surface area contributed by atoms with Gasteiger partial charge in [-0.25, -0.2) is 0 Å². The molecule has 1 saturated carbocycles. The smallest absolute Gasteiger partial charge is 0.220 e. The Morgan fingerprint density at radius 1 is 1.05 bits per heavy atom. The maximum Gasteiger partial charge on any atom is 0.220 e. The van der Waals surface area contributed by atoms with Crippen molar-refractivity contribution >= 4 is 5.91 Å². The summed E-state index contributed by atoms with van der Waals surface area (Å²) in [6.45, 7) is 2.89. The van der Waals surface area contributed by atoms with Crippen LogP contribution >= 0.6 is 0 Å². The molecule has 0 spiro atoms. The molecule has 2 N–H and O–H groups in total. The highest BCUT2D eigenvalue weighted by molar-refractivity contribution is 5.75. The molecule has 0 aromatic heterocycles. The second kappa shape index (κ2) is 11.1. The molecule has 0 heterocycles. The highest BCUT2D eigenvalue weighted by Gasteiger charge is 2.22. The molecule has 2 unspecified atom stereocenters. The number of aliphatic hydroxyl groups is 1. The minimum atomic E-state index is -0.206. The van der Waals surface area contributed by atoms with Crippen LogP contribution in [0.5, 0.6) is 0 Å². The van der Waals surface area contributed by atoms with E-state index in [0.29, 0.717) is 13.0 Å². The summed E-state index contributed by atoms with van der Waals surface area (Å²) in [5.41, 5.74) is 0. The zero-order valence-corrected chi connectivity index (χ0v) is 13.2. The molecular formula is C17H33NO2. The highest BCUT2D eigenvalue weighted by atomic mass is 16.3. The van der Waals surface area contributed by atoms with Gasteiger partial charge in [0.25, 0.3) is 0 Å². The molecular weight excluding hydrogens is 250 g/mol. The van der Waals surface area contributed by atoms with Crippen LogP contribution in [0.1, 0.15) is 84.0 Å². The molecule has 0 saturated heterocycles. The molecule has 0 aromatic carbocycles. The van der Waals surface area contributed by atoms with E-state index < -0.39 is 0 Å². The van der Waals surface area contributed by atoms with Crippen molar-refractivity contribution in [3.8, 4) is 0 Å². The van der Waals surface area contributed by atoms with Crippen LogP contribution in [0.15, 0.2) is 0 Å². The Labute approximate surface area is 124 Å². The lowest BCUT2D eigenvalue weighted by atomic mass is 9.86. The zero-order valence-electron chi connectivity index (χ0n) is 13.2. The number of hydrogen-bond donors (Lipinski definition) is 2. The van der Waals surface area contributed by atoms with Gasteiger partial charge in [-0.1, -0.05) is 58.3 Å². The van der Waals surface area contributed by atoms with Crippen LogP contribution in [0, 0.1) is 5.92 Å². The first kappa shape index (κ1) is 17.5. The maximum absolute atomic E-state index is 11.7. The van der Waals surface area contributed by atoms with Gasteiger partial charge in [0, 0.05) is 18.9 Å². The fourth-order valence-electron chi connectivity index (χ4n) is 3.00. The Bertz CT molecular complexity index is 255. The third-order valence-corrected chi connectivity index (χ3v) is 4.44. The Kier molecular flexibility index (Phi) is 9.73. The molecule has 20 heavy (non-hydrogen) atoms. The van der Waals surface area contributed by atoms with E-state index in [4.69, 9.17) is 0 Å². The van der Waals surface area contributed by atoms with Crippen molar-refractivity contribution in [2.75, 3.05) is 6.54 Å². The lowest BCUT2D eigenvalue weighted by molar-refractivity contribution is -0.121. The van der Waals surface area contributed by atoms with Gasteiger partial charge < -0.3 is 10.4 Å². The van der Waals surface area contributed by atoms with E-state index >= 15 is 0 Å². The second-order valence-corrected chi connectivity index (χ2v) is 6.29. The van der Waals surface area contributed by atoms with Gasteiger partial charge in [-0.05, 0) is 19.3 Å². The van der Waals surface area contributed by atoms with E-state index in [1.54, 1.807) is 0 Å². The van der Waals surface area contributed by atoms with Crippen molar-refractivity contribution in [2.45, 2.75) is 90.1 Å². The van der Waals surface area contributed by atoms with Crippen molar-refractivity contribution in [3.05, 3.63) is 0 Å². The fraction of sp³-hybridized carbons (Fsp3) is 0.941. The van der Waals surface area contributed by atoms with Gasteiger partial charge in [-0.3, -0.25) is 4.79 Å². The summed E-state index contributed by atoms with van der Waals surface area (Å²) >= 11 is 0. The summed E-state index contributed by atoms with van der Waals surface area (Å²) in [7, 11) is 0. The van der Waals surface area contributed by atoms with Crippen molar-refractivity contribution in [1.82, 2.24) is 5.32 Å². The minimum Gasteiger partial charge on any atom is -0.393 e. The topological polar surface area (TPSA) is 49.3 Å². The third kappa shape index (κ3) is 7.88. The Morgan fingerprint density at radius 2 is 1.70 bits per heavy atom. The number of rotatable bonds is 10. The number of unbranched alkanes of at least 4 members (excludes halogenated alkanes) is 6. The monoisotopic (exact) mass is 283 g/mol. The quantitative estimate of drug-likeness (QED) is 0.599. The standard InChI is InChI=1S/C17H33NO2/c1-2-3-4-5-6-7-8-13-17(20)18-14-15-11-9-10-12-16(15)19/h15-16,19H,2-14H2,1H3,(H,18,20). The molecule has 3 nitrogen and oxygen atoms in total. The van der Waals surface area contributed by atoms with Gasteiger partial charge in [0.1, 0.15) is 0 Å². The molecule has 0 radical (unpaired) electrons. The summed E-state index contributed by atoms with van der Waals surface area (Å²) in [5.74, 6) is 0.443. The summed E-state index contributed by atoms with van der Waals surface area (Å²) in [6, 6.07) is 0. The number of aliphatic hydroxyl groups excluding tert-OH is 1. The maximum atomic E-state index is 11.7. The van der Waals surface area contributed by atoms with Gasteiger partial charge in [0.05, 0.1) is 6.10 Å². The van der Waals surface area contributed by atoms with Crippen LogP contribution in [-0.2, 0) is 4.79 Å². The Morgan fingerprint density at radius 3 is 2.40 bits per heavy atom. The zero-order chi connectivity index (χ0) is 14.6. The van der Waals surface area contributed by atoms with Crippen molar-refractivity contribution in [1.29, 1.82) is 0 Å². The summed E-state index contributed by atoms with van der Waals surface area (Å²) in [6.07, 6.45) is 13.4. The molecule has 1 amide bonds. The van der Waals surface area contributed by atoms with E-state index in [1.165, 1.54) is 44.9 Å². The number of amides is 1. The number of carbonyl (C=O) groups excluding carboxylic acids is 1. The molecule has 1 fully saturated rings. The van der Waals surface area contributed by atoms with E-state index in [0.717, 1.165) is 25.7 Å². The summed E-state index contributed by atoms with van der Waals surface area (Å²) < 4.78 is 0. The first-order valence-corrected chi connectivity index (χ1v) is 8.68. The van der Waals surface area contributed by atoms with Gasteiger partial charge in [-0.2, -0.15) is 0 Å². The number of nitrogens with one attached hydrogen (secondary N) is 1. The van der Waals surface area contributed by atoms with E-state index in [9.17, 15) is 9.90 Å². The molecule has 0 bridgehead atoms. The van der Waals surface area contributed by atoms with Crippen LogP contribution in [0.2, 0.25) is 0 Å². The Balaban J connectivity index is 1.94. The molecule has 3 heteroatoms. The molecule has 1 aliphatic carbocycles.